The number of halogens is 1. The number of likely N-dealkylation sites (tertiary alicyclic amines) is 1. The molecule has 1 aliphatic heterocycles. The van der Waals surface area contributed by atoms with Gasteiger partial charge in [-0.3, -0.25) is 9.69 Å². The SMILES string of the molecule is O=C(Nc1cc(C2CN(C3CC3)C2)nn1-c1ccc(C2CC2)cc1F)c1cnn2cccnc12. The second-order valence-electron chi connectivity index (χ2n) is 9.63. The second kappa shape index (κ2) is 7.46. The predicted octanol–water partition coefficient (Wildman–Crippen LogP) is 3.75. The van der Waals surface area contributed by atoms with Crippen molar-refractivity contribution in [3.63, 3.8) is 0 Å². The van der Waals surface area contributed by atoms with E-state index in [0.29, 0.717) is 34.7 Å². The van der Waals surface area contributed by atoms with Gasteiger partial charge < -0.3 is 5.32 Å². The number of hydrogen-bond acceptors (Lipinski definition) is 5. The molecule has 7 rings (SSSR count). The van der Waals surface area contributed by atoms with Crippen LogP contribution in [0.3, 0.4) is 0 Å². The Bertz CT molecular complexity index is 1410. The predicted molar refractivity (Wildman–Crippen MR) is 124 cm³/mol. The highest BCUT2D eigenvalue weighted by molar-refractivity contribution is 6.07. The highest BCUT2D eigenvalue weighted by atomic mass is 19.1. The van der Waals surface area contributed by atoms with E-state index < -0.39 is 0 Å². The normalized spacial score (nSPS) is 18.9. The molecule has 34 heavy (non-hydrogen) atoms. The van der Waals surface area contributed by atoms with Crippen LogP contribution in [-0.2, 0) is 0 Å². The van der Waals surface area contributed by atoms with Crippen molar-refractivity contribution in [1.29, 1.82) is 0 Å². The Kier molecular flexibility index (Phi) is 4.35. The molecule has 4 heterocycles. The maximum atomic E-state index is 15.2. The summed E-state index contributed by atoms with van der Waals surface area (Å²) in [5, 5.41) is 11.9. The number of amides is 1. The van der Waals surface area contributed by atoms with E-state index in [9.17, 15) is 4.79 Å². The van der Waals surface area contributed by atoms with Gasteiger partial charge in [-0.2, -0.15) is 10.2 Å². The van der Waals surface area contributed by atoms with Gasteiger partial charge in [0.2, 0.25) is 0 Å². The summed E-state index contributed by atoms with van der Waals surface area (Å²) < 4.78 is 18.3. The molecular weight excluding hydrogens is 433 g/mol. The fourth-order valence-electron chi connectivity index (χ4n) is 4.85. The number of carbonyl (C=O) groups excluding carboxylic acids is 1. The largest absolute Gasteiger partial charge is 0.306 e. The first-order valence-electron chi connectivity index (χ1n) is 11.9. The molecule has 0 unspecified atom stereocenters. The monoisotopic (exact) mass is 457 g/mol. The Labute approximate surface area is 195 Å². The van der Waals surface area contributed by atoms with Crippen LogP contribution in [0.4, 0.5) is 10.2 Å². The van der Waals surface area contributed by atoms with Crippen LogP contribution in [-0.4, -0.2) is 54.3 Å². The standard InChI is InChI=1S/C25H24FN7O/c26-20-10-16(15-2-3-15)4-7-22(20)33-23(11-21(30-33)17-13-31(14-17)18-5-6-18)29-25(34)19-12-28-32-9-1-8-27-24(19)32/h1,4,7-12,15,17-18H,2-3,5-6,13-14H2,(H,29,34). The van der Waals surface area contributed by atoms with Gasteiger partial charge in [0, 0.05) is 43.5 Å². The minimum Gasteiger partial charge on any atom is -0.306 e. The minimum absolute atomic E-state index is 0.282. The van der Waals surface area contributed by atoms with Crippen molar-refractivity contribution in [3.05, 3.63) is 71.6 Å². The molecule has 3 aliphatic rings. The number of benzene rings is 1. The maximum absolute atomic E-state index is 15.2. The molecule has 3 aromatic heterocycles. The number of nitrogens with one attached hydrogen (secondary N) is 1. The van der Waals surface area contributed by atoms with Crippen molar-refractivity contribution in [2.24, 2.45) is 0 Å². The van der Waals surface area contributed by atoms with Crippen LogP contribution < -0.4 is 5.32 Å². The molecule has 1 saturated heterocycles. The van der Waals surface area contributed by atoms with E-state index in [1.165, 1.54) is 23.7 Å². The van der Waals surface area contributed by atoms with Crippen molar-refractivity contribution in [1.82, 2.24) is 29.3 Å². The van der Waals surface area contributed by atoms with E-state index in [1.54, 1.807) is 35.1 Å². The van der Waals surface area contributed by atoms with Crippen molar-refractivity contribution >= 4 is 17.4 Å². The summed E-state index contributed by atoms with van der Waals surface area (Å²) in [4.78, 5) is 19.9. The molecule has 2 saturated carbocycles. The Hall–Kier alpha value is -3.59. The molecule has 0 spiro atoms. The third kappa shape index (κ3) is 3.38. The van der Waals surface area contributed by atoms with Gasteiger partial charge >= 0.3 is 0 Å². The fraction of sp³-hybridized carbons (Fsp3) is 0.360. The molecule has 9 heteroatoms. The summed E-state index contributed by atoms with van der Waals surface area (Å²) in [6.07, 6.45) is 9.61. The average molecular weight is 458 g/mol. The summed E-state index contributed by atoms with van der Waals surface area (Å²) >= 11 is 0. The van der Waals surface area contributed by atoms with E-state index in [-0.39, 0.29) is 17.6 Å². The van der Waals surface area contributed by atoms with Crippen molar-refractivity contribution < 1.29 is 9.18 Å². The molecule has 1 N–H and O–H groups in total. The number of nitrogens with zero attached hydrogens (tertiary/aromatic N) is 6. The van der Waals surface area contributed by atoms with Gasteiger partial charge in [-0.1, -0.05) is 6.07 Å². The van der Waals surface area contributed by atoms with Crippen LogP contribution in [0.25, 0.3) is 11.3 Å². The number of carbonyl (C=O) groups is 1. The smallest absolute Gasteiger partial charge is 0.262 e. The van der Waals surface area contributed by atoms with Crippen molar-refractivity contribution in [3.8, 4) is 5.69 Å². The zero-order valence-corrected chi connectivity index (χ0v) is 18.6. The van der Waals surface area contributed by atoms with Crippen LogP contribution in [0.2, 0.25) is 0 Å². The van der Waals surface area contributed by atoms with Gasteiger partial charge in [-0.25, -0.2) is 18.6 Å². The summed E-state index contributed by atoms with van der Waals surface area (Å²) in [5.74, 6) is 0.496. The highest BCUT2D eigenvalue weighted by Crippen LogP contribution is 2.41. The lowest BCUT2D eigenvalue weighted by atomic mass is 9.96. The Balaban J connectivity index is 1.23. The fourth-order valence-corrected chi connectivity index (χ4v) is 4.85. The van der Waals surface area contributed by atoms with E-state index in [0.717, 1.165) is 37.2 Å². The van der Waals surface area contributed by atoms with E-state index >= 15 is 4.39 Å². The quantitative estimate of drug-likeness (QED) is 0.477. The highest BCUT2D eigenvalue weighted by Gasteiger charge is 2.39. The molecule has 2 aliphatic carbocycles. The first kappa shape index (κ1) is 19.8. The van der Waals surface area contributed by atoms with Crippen LogP contribution >= 0.6 is 0 Å². The molecule has 0 radical (unpaired) electrons. The number of anilines is 1. The van der Waals surface area contributed by atoms with Crippen molar-refractivity contribution in [2.45, 2.75) is 43.6 Å². The van der Waals surface area contributed by atoms with Crippen LogP contribution in [0.5, 0.6) is 0 Å². The molecule has 0 atom stereocenters. The number of fused-ring (bicyclic) bond motifs is 1. The van der Waals surface area contributed by atoms with Gasteiger partial charge in [0.25, 0.3) is 5.91 Å². The number of hydrogen-bond donors (Lipinski definition) is 1. The second-order valence-corrected chi connectivity index (χ2v) is 9.63. The Morgan fingerprint density at radius 3 is 2.71 bits per heavy atom. The summed E-state index contributed by atoms with van der Waals surface area (Å²) in [6, 6.07) is 9.68. The van der Waals surface area contributed by atoms with E-state index in [2.05, 4.69) is 20.3 Å². The van der Waals surface area contributed by atoms with E-state index in [4.69, 9.17) is 5.10 Å². The minimum atomic E-state index is -0.357. The lowest BCUT2D eigenvalue weighted by Gasteiger charge is -2.38. The molecule has 0 bridgehead atoms. The number of aromatic nitrogens is 5. The summed E-state index contributed by atoms with van der Waals surface area (Å²) in [5.41, 5.74) is 3.04. The molecule has 1 amide bonds. The average Bonchev–Trinajstić information content (AvgIpc) is 3.73. The first-order valence-corrected chi connectivity index (χ1v) is 11.9. The molecule has 4 aromatic rings. The third-order valence-corrected chi connectivity index (χ3v) is 7.13. The first-order chi connectivity index (χ1) is 16.6. The van der Waals surface area contributed by atoms with Gasteiger partial charge in [0.05, 0.1) is 11.9 Å². The molecule has 172 valence electrons. The summed E-state index contributed by atoms with van der Waals surface area (Å²) in [6.45, 7) is 1.91. The molecule has 1 aromatic carbocycles. The van der Waals surface area contributed by atoms with E-state index in [1.807, 2.05) is 12.1 Å². The Morgan fingerprint density at radius 2 is 1.94 bits per heavy atom. The molecule has 3 fully saturated rings. The maximum Gasteiger partial charge on any atom is 0.262 e. The van der Waals surface area contributed by atoms with Gasteiger partial charge in [-0.05, 0) is 55.4 Å². The molecule has 8 nitrogen and oxygen atoms in total. The van der Waals surface area contributed by atoms with Crippen molar-refractivity contribution in [2.75, 3.05) is 18.4 Å². The third-order valence-electron chi connectivity index (χ3n) is 7.13. The summed E-state index contributed by atoms with van der Waals surface area (Å²) in [7, 11) is 0. The Morgan fingerprint density at radius 1 is 1.09 bits per heavy atom. The zero-order chi connectivity index (χ0) is 22.8. The van der Waals surface area contributed by atoms with Crippen LogP contribution in [0.1, 0.15) is 59.1 Å². The lowest BCUT2D eigenvalue weighted by Crippen LogP contribution is -2.46. The van der Waals surface area contributed by atoms with Gasteiger partial charge in [0.1, 0.15) is 22.9 Å². The topological polar surface area (TPSA) is 80.4 Å². The lowest BCUT2D eigenvalue weighted by molar-refractivity contribution is 0.102. The van der Waals surface area contributed by atoms with Gasteiger partial charge in [0.15, 0.2) is 5.65 Å². The van der Waals surface area contributed by atoms with Gasteiger partial charge in [-0.15, -0.1) is 0 Å². The van der Waals surface area contributed by atoms with Crippen LogP contribution in [0, 0.1) is 5.82 Å². The van der Waals surface area contributed by atoms with Crippen LogP contribution in [0.15, 0.2) is 48.9 Å². The number of rotatable bonds is 6. The molecular formula is C25H24FN7O. The zero-order valence-electron chi connectivity index (χ0n) is 18.6.